The van der Waals surface area contributed by atoms with E-state index >= 15 is 0 Å². The molecule has 0 bridgehead atoms. The molecule has 126 valence electrons. The van der Waals surface area contributed by atoms with Crippen LogP contribution in [0.4, 0.5) is 0 Å². The summed E-state index contributed by atoms with van der Waals surface area (Å²) >= 11 is 0. The second kappa shape index (κ2) is 10.5. The number of hydrogen-bond donors (Lipinski definition) is 2. The van der Waals surface area contributed by atoms with Crippen molar-refractivity contribution in [1.29, 1.82) is 0 Å². The van der Waals surface area contributed by atoms with Gasteiger partial charge in [0.15, 0.2) is 0 Å². The third-order valence-electron chi connectivity index (χ3n) is 3.69. The summed E-state index contributed by atoms with van der Waals surface area (Å²) in [5.41, 5.74) is 0. The normalized spacial score (nSPS) is 18.2. The molecular weight excluding hydrogens is 290 g/mol. The van der Waals surface area contributed by atoms with Crippen LogP contribution >= 0.6 is 0 Å². The van der Waals surface area contributed by atoms with Crippen molar-refractivity contribution in [2.75, 3.05) is 45.9 Å². The lowest BCUT2D eigenvalue weighted by Crippen LogP contribution is -2.46. The van der Waals surface area contributed by atoms with Gasteiger partial charge in [-0.3, -0.25) is 0 Å². The van der Waals surface area contributed by atoms with Crippen molar-refractivity contribution >= 4 is 10.2 Å². The van der Waals surface area contributed by atoms with Crippen molar-refractivity contribution in [1.82, 2.24) is 14.3 Å². The summed E-state index contributed by atoms with van der Waals surface area (Å²) in [6.07, 6.45) is 3.59. The fourth-order valence-corrected chi connectivity index (χ4v) is 3.69. The molecule has 6 nitrogen and oxygen atoms in total. The number of piperidine rings is 1. The second-order valence-electron chi connectivity index (χ2n) is 5.52. The fourth-order valence-electron chi connectivity index (χ4n) is 2.42. The maximum absolute atomic E-state index is 12.2. The molecule has 0 aliphatic carbocycles. The molecule has 1 fully saturated rings. The predicted octanol–water partition coefficient (Wildman–Crippen LogP) is 0.959. The highest BCUT2D eigenvalue weighted by atomic mass is 32.2. The third kappa shape index (κ3) is 7.56. The maximum Gasteiger partial charge on any atom is 0.279 e. The van der Waals surface area contributed by atoms with Crippen LogP contribution in [0.1, 0.15) is 39.5 Å². The molecule has 0 saturated carbocycles. The standard InChI is InChI=1S/C14H31N3O3S/c1-3-11-20-12-5-8-16-21(18,19)17-9-6-14(7-10-17)13-15-4-2/h14-16H,3-13H2,1-2H3. The predicted molar refractivity (Wildman–Crippen MR) is 85.5 cm³/mol. The molecule has 0 amide bonds. The summed E-state index contributed by atoms with van der Waals surface area (Å²) in [5, 5.41) is 3.33. The van der Waals surface area contributed by atoms with E-state index in [4.69, 9.17) is 4.74 Å². The van der Waals surface area contributed by atoms with E-state index in [-0.39, 0.29) is 0 Å². The van der Waals surface area contributed by atoms with Gasteiger partial charge in [0.25, 0.3) is 10.2 Å². The lowest BCUT2D eigenvalue weighted by atomic mass is 9.98. The third-order valence-corrected chi connectivity index (χ3v) is 5.31. The van der Waals surface area contributed by atoms with Gasteiger partial charge in [0, 0.05) is 32.8 Å². The van der Waals surface area contributed by atoms with Gasteiger partial charge in [0.2, 0.25) is 0 Å². The van der Waals surface area contributed by atoms with Gasteiger partial charge in [-0.1, -0.05) is 13.8 Å². The average molecular weight is 321 g/mol. The van der Waals surface area contributed by atoms with E-state index in [0.717, 1.165) is 45.4 Å². The van der Waals surface area contributed by atoms with E-state index in [1.165, 1.54) is 0 Å². The Kier molecular flexibility index (Phi) is 9.42. The van der Waals surface area contributed by atoms with Crippen molar-refractivity contribution in [3.8, 4) is 0 Å². The van der Waals surface area contributed by atoms with Crippen LogP contribution < -0.4 is 10.0 Å². The van der Waals surface area contributed by atoms with Gasteiger partial charge in [0.1, 0.15) is 0 Å². The molecule has 1 heterocycles. The molecule has 0 radical (unpaired) electrons. The molecule has 1 aliphatic rings. The van der Waals surface area contributed by atoms with Crippen LogP contribution in [0.15, 0.2) is 0 Å². The van der Waals surface area contributed by atoms with E-state index in [1.54, 1.807) is 4.31 Å². The summed E-state index contributed by atoms with van der Waals surface area (Å²) in [4.78, 5) is 0. The van der Waals surface area contributed by atoms with Gasteiger partial charge in [-0.15, -0.1) is 0 Å². The minimum atomic E-state index is -3.31. The zero-order valence-corrected chi connectivity index (χ0v) is 14.3. The molecule has 21 heavy (non-hydrogen) atoms. The Balaban J connectivity index is 2.20. The van der Waals surface area contributed by atoms with Crippen LogP contribution in [0.3, 0.4) is 0 Å². The Morgan fingerprint density at radius 1 is 1.19 bits per heavy atom. The molecule has 1 saturated heterocycles. The largest absolute Gasteiger partial charge is 0.381 e. The molecule has 0 aromatic heterocycles. The Bertz CT molecular complexity index is 354. The van der Waals surface area contributed by atoms with Crippen molar-refractivity contribution in [2.45, 2.75) is 39.5 Å². The van der Waals surface area contributed by atoms with Crippen LogP contribution in [0.5, 0.6) is 0 Å². The summed E-state index contributed by atoms with van der Waals surface area (Å²) in [7, 11) is -3.31. The molecule has 1 rings (SSSR count). The van der Waals surface area contributed by atoms with E-state index < -0.39 is 10.2 Å². The zero-order chi connectivity index (χ0) is 15.6. The first-order chi connectivity index (χ1) is 10.1. The minimum absolute atomic E-state index is 0.448. The van der Waals surface area contributed by atoms with Gasteiger partial charge in [-0.2, -0.15) is 12.7 Å². The molecule has 0 spiro atoms. The number of rotatable bonds is 11. The lowest BCUT2D eigenvalue weighted by molar-refractivity contribution is 0.133. The molecule has 1 aliphatic heterocycles. The van der Waals surface area contributed by atoms with Gasteiger partial charge >= 0.3 is 0 Å². The van der Waals surface area contributed by atoms with Crippen molar-refractivity contribution < 1.29 is 13.2 Å². The highest BCUT2D eigenvalue weighted by Gasteiger charge is 2.27. The molecule has 0 unspecified atom stereocenters. The van der Waals surface area contributed by atoms with Crippen molar-refractivity contribution in [3.05, 3.63) is 0 Å². The highest BCUT2D eigenvalue weighted by Crippen LogP contribution is 2.18. The van der Waals surface area contributed by atoms with Crippen LogP contribution in [-0.2, 0) is 14.9 Å². The lowest BCUT2D eigenvalue weighted by Gasteiger charge is -2.31. The van der Waals surface area contributed by atoms with Gasteiger partial charge in [0.05, 0.1) is 0 Å². The minimum Gasteiger partial charge on any atom is -0.381 e. The van der Waals surface area contributed by atoms with Crippen molar-refractivity contribution in [2.24, 2.45) is 5.92 Å². The Labute approximate surface area is 129 Å². The summed E-state index contributed by atoms with van der Waals surface area (Å²) < 4.78 is 33.9. The zero-order valence-electron chi connectivity index (χ0n) is 13.4. The number of hydrogen-bond acceptors (Lipinski definition) is 4. The first-order valence-electron chi connectivity index (χ1n) is 8.13. The quantitative estimate of drug-likeness (QED) is 0.556. The second-order valence-corrected chi connectivity index (χ2v) is 7.27. The van der Waals surface area contributed by atoms with Crippen LogP contribution in [0.25, 0.3) is 0 Å². The molecule has 7 heteroatoms. The van der Waals surface area contributed by atoms with Gasteiger partial charge in [-0.05, 0) is 44.7 Å². The highest BCUT2D eigenvalue weighted by molar-refractivity contribution is 7.87. The molecule has 2 N–H and O–H groups in total. The smallest absolute Gasteiger partial charge is 0.279 e. The maximum atomic E-state index is 12.2. The SMILES string of the molecule is CCCOCCCNS(=O)(=O)N1CCC(CNCC)CC1. The summed E-state index contributed by atoms with van der Waals surface area (Å²) in [6, 6.07) is 0. The molecule has 0 atom stereocenters. The molecule has 0 aromatic rings. The van der Waals surface area contributed by atoms with Gasteiger partial charge in [-0.25, -0.2) is 4.72 Å². The topological polar surface area (TPSA) is 70.7 Å². The van der Waals surface area contributed by atoms with E-state index in [0.29, 0.717) is 32.2 Å². The molecular formula is C14H31N3O3S. The number of nitrogens with zero attached hydrogens (tertiary/aromatic N) is 1. The fraction of sp³-hybridized carbons (Fsp3) is 1.00. The first-order valence-corrected chi connectivity index (χ1v) is 9.57. The molecule has 0 aromatic carbocycles. The van der Waals surface area contributed by atoms with E-state index in [1.807, 2.05) is 0 Å². The van der Waals surface area contributed by atoms with Crippen LogP contribution in [0.2, 0.25) is 0 Å². The van der Waals surface area contributed by atoms with Gasteiger partial charge < -0.3 is 10.1 Å². The summed E-state index contributed by atoms with van der Waals surface area (Å²) in [5.74, 6) is 0.596. The number of ether oxygens (including phenoxy) is 1. The average Bonchev–Trinajstić information content (AvgIpc) is 2.49. The van der Waals surface area contributed by atoms with Crippen molar-refractivity contribution in [3.63, 3.8) is 0 Å². The van der Waals surface area contributed by atoms with E-state index in [2.05, 4.69) is 23.9 Å². The Morgan fingerprint density at radius 2 is 1.90 bits per heavy atom. The monoisotopic (exact) mass is 321 g/mol. The Hall–Kier alpha value is -0.210. The van der Waals surface area contributed by atoms with Crippen LogP contribution in [-0.4, -0.2) is 58.7 Å². The first kappa shape index (κ1) is 18.8. The number of nitrogens with one attached hydrogen (secondary N) is 2. The Morgan fingerprint density at radius 3 is 2.52 bits per heavy atom. The van der Waals surface area contributed by atoms with E-state index in [9.17, 15) is 8.42 Å². The summed E-state index contributed by atoms with van der Waals surface area (Å²) in [6.45, 7) is 9.16. The van der Waals surface area contributed by atoms with Crippen LogP contribution in [0, 0.1) is 5.92 Å².